The van der Waals surface area contributed by atoms with E-state index < -0.39 is 0 Å². The first-order valence-electron chi connectivity index (χ1n) is 8.93. The molecule has 0 saturated carbocycles. The Labute approximate surface area is 160 Å². The molecule has 2 aromatic rings. The lowest BCUT2D eigenvalue weighted by Crippen LogP contribution is -2.36. The fraction of sp³-hybridized carbons (Fsp3) is 0.318. The van der Waals surface area contributed by atoms with Crippen LogP contribution in [0.5, 0.6) is 11.5 Å². The Morgan fingerprint density at radius 3 is 2.59 bits per heavy atom. The van der Waals surface area contributed by atoms with Gasteiger partial charge in [-0.05, 0) is 24.0 Å². The van der Waals surface area contributed by atoms with Gasteiger partial charge in [0.2, 0.25) is 5.91 Å². The molecule has 2 aromatic carbocycles. The quantitative estimate of drug-likeness (QED) is 0.766. The van der Waals surface area contributed by atoms with Crippen molar-refractivity contribution in [2.24, 2.45) is 0 Å². The Balaban J connectivity index is 1.72. The lowest BCUT2D eigenvalue weighted by atomic mass is 10.1. The number of nitrogens with one attached hydrogen (secondary N) is 1. The standard InChI is InChI=1S/C22H24N2O3/c1-4-11-24(21-10-9-16-7-5-6-8-20(16)21)15-22(25)23-17-12-18(26-2)14-19(13-17)27-3/h1,5-8,12-14,21H,9-11,15H2,2-3H3,(H,23,25). The molecule has 0 radical (unpaired) electrons. The van der Waals surface area contributed by atoms with E-state index in [0.29, 0.717) is 23.7 Å². The number of benzene rings is 2. The molecule has 0 heterocycles. The summed E-state index contributed by atoms with van der Waals surface area (Å²) in [5.74, 6) is 3.81. The second kappa shape index (κ2) is 8.61. The van der Waals surface area contributed by atoms with Gasteiger partial charge >= 0.3 is 0 Å². The third kappa shape index (κ3) is 4.42. The van der Waals surface area contributed by atoms with Gasteiger partial charge in [-0.15, -0.1) is 6.42 Å². The zero-order valence-electron chi connectivity index (χ0n) is 15.7. The van der Waals surface area contributed by atoms with Crippen molar-refractivity contribution in [3.63, 3.8) is 0 Å². The number of carbonyl (C=O) groups excluding carboxylic acids is 1. The Bertz CT molecular complexity index is 835. The highest BCUT2D eigenvalue weighted by molar-refractivity contribution is 5.92. The number of methoxy groups -OCH3 is 2. The highest BCUT2D eigenvalue weighted by atomic mass is 16.5. The van der Waals surface area contributed by atoms with E-state index in [1.807, 2.05) is 6.07 Å². The lowest BCUT2D eigenvalue weighted by molar-refractivity contribution is -0.117. The molecule has 0 aliphatic heterocycles. The summed E-state index contributed by atoms with van der Waals surface area (Å²) >= 11 is 0. The molecule has 140 valence electrons. The molecular weight excluding hydrogens is 340 g/mol. The van der Waals surface area contributed by atoms with Gasteiger partial charge in [-0.25, -0.2) is 0 Å². The Hall–Kier alpha value is -2.97. The first kappa shape index (κ1) is 18.8. The van der Waals surface area contributed by atoms with Gasteiger partial charge in [0.1, 0.15) is 11.5 Å². The van der Waals surface area contributed by atoms with Crippen molar-refractivity contribution >= 4 is 11.6 Å². The van der Waals surface area contributed by atoms with Crippen LogP contribution in [0, 0.1) is 12.3 Å². The van der Waals surface area contributed by atoms with E-state index in [1.165, 1.54) is 11.1 Å². The molecule has 1 atom stereocenters. The summed E-state index contributed by atoms with van der Waals surface area (Å²) in [6.45, 7) is 0.649. The predicted octanol–water partition coefficient (Wildman–Crippen LogP) is 3.27. The molecule has 5 heteroatoms. The number of aryl methyl sites for hydroxylation is 1. The molecule has 3 rings (SSSR count). The molecule has 5 nitrogen and oxygen atoms in total. The summed E-state index contributed by atoms with van der Waals surface area (Å²) in [6, 6.07) is 13.8. The molecule has 1 aliphatic carbocycles. The minimum absolute atomic E-state index is 0.120. The van der Waals surface area contributed by atoms with Gasteiger partial charge in [0.15, 0.2) is 0 Å². The fourth-order valence-electron chi connectivity index (χ4n) is 3.57. The maximum Gasteiger partial charge on any atom is 0.238 e. The number of amides is 1. The number of rotatable bonds is 7. The molecule has 0 aromatic heterocycles. The van der Waals surface area contributed by atoms with Crippen LogP contribution in [-0.4, -0.2) is 38.1 Å². The second-order valence-electron chi connectivity index (χ2n) is 6.51. The maximum absolute atomic E-state index is 12.7. The van der Waals surface area contributed by atoms with Gasteiger partial charge in [-0.3, -0.25) is 9.69 Å². The molecule has 1 aliphatic rings. The van der Waals surface area contributed by atoms with Crippen LogP contribution >= 0.6 is 0 Å². The summed E-state index contributed by atoms with van der Waals surface area (Å²) in [7, 11) is 3.15. The molecule has 0 bridgehead atoms. The van der Waals surface area contributed by atoms with E-state index in [-0.39, 0.29) is 18.5 Å². The summed E-state index contributed by atoms with van der Waals surface area (Å²) in [4.78, 5) is 14.7. The summed E-state index contributed by atoms with van der Waals surface area (Å²) in [5, 5.41) is 2.92. The zero-order valence-corrected chi connectivity index (χ0v) is 15.7. The van der Waals surface area contributed by atoms with Gasteiger partial charge in [-0.2, -0.15) is 0 Å². The van der Waals surface area contributed by atoms with Crippen LogP contribution in [0.25, 0.3) is 0 Å². The largest absolute Gasteiger partial charge is 0.497 e. The van der Waals surface area contributed by atoms with Crippen molar-refractivity contribution in [2.75, 3.05) is 32.6 Å². The van der Waals surface area contributed by atoms with Gasteiger partial charge < -0.3 is 14.8 Å². The van der Waals surface area contributed by atoms with E-state index in [9.17, 15) is 4.79 Å². The molecule has 0 spiro atoms. The number of ether oxygens (including phenoxy) is 2. The van der Waals surface area contributed by atoms with Crippen molar-refractivity contribution in [1.29, 1.82) is 0 Å². The summed E-state index contributed by atoms with van der Waals surface area (Å²) in [5.41, 5.74) is 3.23. The van der Waals surface area contributed by atoms with Crippen molar-refractivity contribution in [3.8, 4) is 23.8 Å². The highest BCUT2D eigenvalue weighted by Crippen LogP contribution is 2.35. The zero-order chi connectivity index (χ0) is 19.2. The first-order valence-corrected chi connectivity index (χ1v) is 8.93. The van der Waals surface area contributed by atoms with Crippen LogP contribution in [0.4, 0.5) is 5.69 Å². The Morgan fingerprint density at radius 2 is 1.93 bits per heavy atom. The smallest absolute Gasteiger partial charge is 0.238 e. The Morgan fingerprint density at radius 1 is 1.22 bits per heavy atom. The van der Waals surface area contributed by atoms with Crippen LogP contribution in [0.2, 0.25) is 0 Å². The predicted molar refractivity (Wildman–Crippen MR) is 106 cm³/mol. The lowest BCUT2D eigenvalue weighted by Gasteiger charge is -2.27. The fourth-order valence-corrected chi connectivity index (χ4v) is 3.57. The maximum atomic E-state index is 12.7. The van der Waals surface area contributed by atoms with E-state index in [0.717, 1.165) is 12.8 Å². The van der Waals surface area contributed by atoms with Crippen molar-refractivity contribution in [3.05, 3.63) is 53.6 Å². The van der Waals surface area contributed by atoms with E-state index in [4.69, 9.17) is 15.9 Å². The third-order valence-corrected chi connectivity index (χ3v) is 4.82. The Kier molecular flexibility index (Phi) is 6.00. The molecule has 0 saturated heterocycles. The number of anilines is 1. The average Bonchev–Trinajstić information content (AvgIpc) is 3.11. The monoisotopic (exact) mass is 364 g/mol. The minimum Gasteiger partial charge on any atom is -0.497 e. The summed E-state index contributed by atoms with van der Waals surface area (Å²) < 4.78 is 10.5. The van der Waals surface area contributed by atoms with Gasteiger partial charge in [0.05, 0.1) is 27.3 Å². The first-order chi connectivity index (χ1) is 13.1. The molecular formula is C22H24N2O3. The number of nitrogens with zero attached hydrogens (tertiary/aromatic N) is 1. The minimum atomic E-state index is -0.120. The summed E-state index contributed by atoms with van der Waals surface area (Å²) in [6.07, 6.45) is 7.55. The van der Waals surface area contributed by atoms with Gasteiger partial charge in [-0.1, -0.05) is 30.2 Å². The number of hydrogen-bond donors (Lipinski definition) is 1. The topological polar surface area (TPSA) is 50.8 Å². The van der Waals surface area contributed by atoms with Gasteiger partial charge in [0.25, 0.3) is 0 Å². The molecule has 1 amide bonds. The van der Waals surface area contributed by atoms with Crippen molar-refractivity contribution in [1.82, 2.24) is 4.90 Å². The van der Waals surface area contributed by atoms with Gasteiger partial charge in [0, 0.05) is 29.9 Å². The molecule has 0 fully saturated rings. The third-order valence-electron chi connectivity index (χ3n) is 4.82. The highest BCUT2D eigenvalue weighted by Gasteiger charge is 2.28. The van der Waals surface area contributed by atoms with Crippen molar-refractivity contribution < 1.29 is 14.3 Å². The van der Waals surface area contributed by atoms with Crippen LogP contribution in [0.15, 0.2) is 42.5 Å². The van der Waals surface area contributed by atoms with Crippen LogP contribution in [-0.2, 0) is 11.2 Å². The van der Waals surface area contributed by atoms with Crippen molar-refractivity contribution in [2.45, 2.75) is 18.9 Å². The SMILES string of the molecule is C#CCN(CC(=O)Nc1cc(OC)cc(OC)c1)C1CCc2ccccc21. The van der Waals surface area contributed by atoms with Crippen LogP contribution in [0.1, 0.15) is 23.6 Å². The normalized spacial score (nSPS) is 15.1. The van der Waals surface area contributed by atoms with E-state index >= 15 is 0 Å². The van der Waals surface area contributed by atoms with E-state index in [1.54, 1.807) is 32.4 Å². The van der Waals surface area contributed by atoms with E-state index in [2.05, 4.69) is 34.3 Å². The van der Waals surface area contributed by atoms with Crippen LogP contribution < -0.4 is 14.8 Å². The second-order valence-corrected chi connectivity index (χ2v) is 6.51. The number of terminal acetylenes is 1. The number of hydrogen-bond acceptors (Lipinski definition) is 4. The molecule has 27 heavy (non-hydrogen) atoms. The molecule has 1 N–H and O–H groups in total. The number of carbonyl (C=O) groups is 1. The number of fused-ring (bicyclic) bond motifs is 1. The van der Waals surface area contributed by atoms with Crippen LogP contribution in [0.3, 0.4) is 0 Å². The molecule has 1 unspecified atom stereocenters. The average molecular weight is 364 g/mol.